The highest BCUT2D eigenvalue weighted by molar-refractivity contribution is 7.71. The SMILES string of the molecule is CC1(C)CC(NC(=O)CCn2c(=S)[nH]c3ccccc3c2=O)CCO1. The topological polar surface area (TPSA) is 76.1 Å². The van der Waals surface area contributed by atoms with Crippen LogP contribution in [0.4, 0.5) is 0 Å². The van der Waals surface area contributed by atoms with Crippen LogP contribution in [0, 0.1) is 4.77 Å². The number of amides is 1. The first-order valence-corrected chi connectivity index (χ1v) is 8.92. The van der Waals surface area contributed by atoms with Crippen molar-refractivity contribution in [1.29, 1.82) is 0 Å². The third kappa shape index (κ3) is 4.16. The van der Waals surface area contributed by atoms with E-state index in [4.69, 9.17) is 17.0 Å². The van der Waals surface area contributed by atoms with E-state index in [2.05, 4.69) is 10.3 Å². The second-order valence-corrected chi connectivity index (χ2v) is 7.43. The third-order valence-corrected chi connectivity index (χ3v) is 4.84. The Hall–Kier alpha value is -1.99. The molecule has 1 aliphatic heterocycles. The highest BCUT2D eigenvalue weighted by Crippen LogP contribution is 2.23. The number of nitrogens with zero attached hydrogens (tertiary/aromatic N) is 1. The van der Waals surface area contributed by atoms with Crippen molar-refractivity contribution >= 4 is 29.0 Å². The first kappa shape index (κ1) is 17.8. The fourth-order valence-corrected chi connectivity index (χ4v) is 3.55. The third-order valence-electron chi connectivity index (χ3n) is 4.51. The largest absolute Gasteiger partial charge is 0.375 e. The van der Waals surface area contributed by atoms with E-state index in [1.165, 1.54) is 4.57 Å². The molecule has 6 nitrogen and oxygen atoms in total. The number of aromatic amines is 1. The lowest BCUT2D eigenvalue weighted by Crippen LogP contribution is -2.46. The summed E-state index contributed by atoms with van der Waals surface area (Å²) in [5.41, 5.74) is 0.329. The summed E-state index contributed by atoms with van der Waals surface area (Å²) in [7, 11) is 0. The molecule has 0 radical (unpaired) electrons. The van der Waals surface area contributed by atoms with Gasteiger partial charge in [0.25, 0.3) is 5.56 Å². The molecule has 25 heavy (non-hydrogen) atoms. The summed E-state index contributed by atoms with van der Waals surface area (Å²) in [4.78, 5) is 27.9. The Morgan fingerprint density at radius 2 is 2.20 bits per heavy atom. The van der Waals surface area contributed by atoms with Crippen molar-refractivity contribution in [3.05, 3.63) is 39.4 Å². The van der Waals surface area contributed by atoms with Crippen molar-refractivity contribution in [3.63, 3.8) is 0 Å². The molecule has 0 saturated carbocycles. The minimum Gasteiger partial charge on any atom is -0.375 e. The van der Waals surface area contributed by atoms with Gasteiger partial charge in [-0.25, -0.2) is 0 Å². The smallest absolute Gasteiger partial charge is 0.262 e. The molecule has 1 atom stereocenters. The van der Waals surface area contributed by atoms with Gasteiger partial charge in [-0.1, -0.05) is 12.1 Å². The van der Waals surface area contributed by atoms with Crippen molar-refractivity contribution in [2.24, 2.45) is 0 Å². The lowest BCUT2D eigenvalue weighted by atomic mass is 9.94. The monoisotopic (exact) mass is 361 g/mol. The Balaban J connectivity index is 1.67. The maximum Gasteiger partial charge on any atom is 0.262 e. The molecular formula is C18H23N3O3S. The number of aromatic nitrogens is 2. The molecule has 1 aromatic carbocycles. The van der Waals surface area contributed by atoms with Crippen LogP contribution < -0.4 is 10.9 Å². The molecule has 1 aliphatic rings. The number of para-hydroxylation sites is 1. The molecule has 0 bridgehead atoms. The first-order chi connectivity index (χ1) is 11.9. The number of rotatable bonds is 4. The average molecular weight is 361 g/mol. The minimum absolute atomic E-state index is 0.0721. The van der Waals surface area contributed by atoms with E-state index in [0.29, 0.717) is 22.3 Å². The van der Waals surface area contributed by atoms with Crippen LogP contribution in [0.5, 0.6) is 0 Å². The van der Waals surface area contributed by atoms with E-state index < -0.39 is 0 Å². The van der Waals surface area contributed by atoms with Gasteiger partial charge in [0.1, 0.15) is 0 Å². The number of benzene rings is 1. The molecule has 2 N–H and O–H groups in total. The van der Waals surface area contributed by atoms with Crippen LogP contribution in [0.2, 0.25) is 0 Å². The first-order valence-electron chi connectivity index (χ1n) is 8.51. The standard InChI is InChI=1S/C18H23N3O3S/c1-18(2)11-12(8-10-24-18)19-15(22)7-9-21-16(23)13-5-3-4-6-14(13)20-17(21)25/h3-6,12H,7-11H2,1-2H3,(H,19,22)(H,20,25). The summed E-state index contributed by atoms with van der Waals surface area (Å²) in [6, 6.07) is 7.34. The van der Waals surface area contributed by atoms with Gasteiger partial charge in [-0.05, 0) is 51.0 Å². The molecule has 1 unspecified atom stereocenters. The number of carbonyl (C=O) groups is 1. The van der Waals surface area contributed by atoms with Crippen molar-refractivity contribution in [3.8, 4) is 0 Å². The van der Waals surface area contributed by atoms with Crippen LogP contribution in [0.25, 0.3) is 10.9 Å². The Morgan fingerprint density at radius 1 is 1.44 bits per heavy atom. The quantitative estimate of drug-likeness (QED) is 0.821. The van der Waals surface area contributed by atoms with Gasteiger partial charge in [-0.3, -0.25) is 14.2 Å². The summed E-state index contributed by atoms with van der Waals surface area (Å²) >= 11 is 5.27. The summed E-state index contributed by atoms with van der Waals surface area (Å²) in [6.07, 6.45) is 1.81. The molecule has 3 rings (SSSR count). The maximum atomic E-state index is 12.6. The van der Waals surface area contributed by atoms with E-state index in [1.807, 2.05) is 32.0 Å². The summed E-state index contributed by atoms with van der Waals surface area (Å²) in [5.74, 6) is -0.0721. The Bertz CT molecular complexity index is 900. The summed E-state index contributed by atoms with van der Waals surface area (Å²) in [6.45, 7) is 4.96. The van der Waals surface area contributed by atoms with Gasteiger partial charge in [0.2, 0.25) is 5.91 Å². The lowest BCUT2D eigenvalue weighted by Gasteiger charge is -2.35. The molecule has 134 valence electrons. The summed E-state index contributed by atoms with van der Waals surface area (Å²) in [5, 5.41) is 3.61. The van der Waals surface area contributed by atoms with Gasteiger partial charge in [0, 0.05) is 25.6 Å². The molecule has 1 fully saturated rings. The number of H-pyrrole nitrogens is 1. The molecule has 2 heterocycles. The van der Waals surface area contributed by atoms with Crippen LogP contribution in [0.1, 0.15) is 33.1 Å². The average Bonchev–Trinajstić information content (AvgIpc) is 2.53. The second-order valence-electron chi connectivity index (χ2n) is 7.05. The predicted molar refractivity (Wildman–Crippen MR) is 99.2 cm³/mol. The van der Waals surface area contributed by atoms with Crippen LogP contribution >= 0.6 is 12.2 Å². The van der Waals surface area contributed by atoms with Crippen molar-refractivity contribution < 1.29 is 9.53 Å². The zero-order valence-electron chi connectivity index (χ0n) is 14.5. The zero-order valence-corrected chi connectivity index (χ0v) is 15.3. The predicted octanol–water partition coefficient (Wildman–Crippen LogP) is 2.52. The summed E-state index contributed by atoms with van der Waals surface area (Å²) < 4.78 is 7.45. The van der Waals surface area contributed by atoms with Gasteiger partial charge in [-0.15, -0.1) is 0 Å². The van der Waals surface area contributed by atoms with Crippen molar-refractivity contribution in [2.75, 3.05) is 6.61 Å². The highest BCUT2D eigenvalue weighted by Gasteiger charge is 2.29. The number of fused-ring (bicyclic) bond motifs is 1. The highest BCUT2D eigenvalue weighted by atomic mass is 32.1. The Kier molecular flexibility index (Phi) is 5.06. The van der Waals surface area contributed by atoms with Gasteiger partial charge in [-0.2, -0.15) is 0 Å². The molecule has 1 saturated heterocycles. The van der Waals surface area contributed by atoms with Crippen molar-refractivity contribution in [2.45, 2.75) is 51.3 Å². The van der Waals surface area contributed by atoms with E-state index in [0.717, 1.165) is 12.8 Å². The van der Waals surface area contributed by atoms with Crippen LogP contribution in [0.15, 0.2) is 29.1 Å². The minimum atomic E-state index is -0.214. The van der Waals surface area contributed by atoms with Gasteiger partial charge >= 0.3 is 0 Å². The van der Waals surface area contributed by atoms with E-state index in [-0.39, 0.29) is 36.1 Å². The Labute approximate surface area is 151 Å². The van der Waals surface area contributed by atoms with Crippen LogP contribution in [-0.4, -0.2) is 33.7 Å². The molecule has 0 spiro atoms. The molecule has 1 aromatic heterocycles. The van der Waals surface area contributed by atoms with Crippen molar-refractivity contribution in [1.82, 2.24) is 14.9 Å². The maximum absolute atomic E-state index is 12.6. The van der Waals surface area contributed by atoms with Gasteiger partial charge in [0.15, 0.2) is 4.77 Å². The molecule has 1 amide bonds. The van der Waals surface area contributed by atoms with E-state index in [1.54, 1.807) is 6.07 Å². The number of hydrogen-bond donors (Lipinski definition) is 2. The number of nitrogens with one attached hydrogen (secondary N) is 2. The zero-order chi connectivity index (χ0) is 18.0. The lowest BCUT2D eigenvalue weighted by molar-refractivity contribution is -0.124. The van der Waals surface area contributed by atoms with Crippen LogP contribution in [0.3, 0.4) is 0 Å². The molecular weight excluding hydrogens is 338 g/mol. The fourth-order valence-electron chi connectivity index (χ4n) is 3.27. The second kappa shape index (κ2) is 7.09. The molecule has 0 aliphatic carbocycles. The van der Waals surface area contributed by atoms with Gasteiger partial charge < -0.3 is 15.0 Å². The molecule has 7 heteroatoms. The molecule has 2 aromatic rings. The van der Waals surface area contributed by atoms with Crippen LogP contribution in [-0.2, 0) is 16.1 Å². The number of ether oxygens (including phenoxy) is 1. The van der Waals surface area contributed by atoms with E-state index in [9.17, 15) is 9.59 Å². The Morgan fingerprint density at radius 3 is 2.96 bits per heavy atom. The fraction of sp³-hybridized carbons (Fsp3) is 0.500. The van der Waals surface area contributed by atoms with E-state index >= 15 is 0 Å². The normalized spacial score (nSPS) is 19.7. The van der Waals surface area contributed by atoms with Gasteiger partial charge in [0.05, 0.1) is 16.5 Å². The number of carbonyl (C=O) groups excluding carboxylic acids is 1. The number of hydrogen-bond acceptors (Lipinski definition) is 4.